The number of rotatable bonds is 4. The Kier molecular flexibility index (Phi) is 4.39. The molecule has 0 aromatic heterocycles. The van der Waals surface area contributed by atoms with Crippen LogP contribution in [-0.4, -0.2) is 24.3 Å². The zero-order chi connectivity index (χ0) is 11.3. The van der Waals surface area contributed by atoms with Crippen LogP contribution < -0.4 is 5.73 Å². The topological polar surface area (TPSA) is 72.6 Å². The number of anilines is 1. The third-order valence-corrected chi connectivity index (χ3v) is 2.10. The summed E-state index contributed by atoms with van der Waals surface area (Å²) in [7, 11) is 0. The standard InChI is InChI=1S/C10H12ClNO3/c11-7-3-1-4-8(12)9(7)10(14)15-6-2-5-13/h1,3-4,13H,2,5-6,12H2. The fourth-order valence-corrected chi connectivity index (χ4v) is 1.32. The molecule has 0 amide bonds. The predicted octanol–water partition coefficient (Wildman–Crippen LogP) is 1.46. The van der Waals surface area contributed by atoms with E-state index in [0.717, 1.165) is 0 Å². The van der Waals surface area contributed by atoms with Crippen molar-refractivity contribution in [2.24, 2.45) is 0 Å². The largest absolute Gasteiger partial charge is 0.462 e. The minimum Gasteiger partial charge on any atom is -0.462 e. The summed E-state index contributed by atoms with van der Waals surface area (Å²) < 4.78 is 4.87. The monoisotopic (exact) mass is 229 g/mol. The van der Waals surface area contributed by atoms with Gasteiger partial charge in [0.05, 0.1) is 11.6 Å². The van der Waals surface area contributed by atoms with Gasteiger partial charge in [-0.25, -0.2) is 4.79 Å². The number of aliphatic hydroxyl groups is 1. The van der Waals surface area contributed by atoms with Gasteiger partial charge >= 0.3 is 5.97 Å². The van der Waals surface area contributed by atoms with Crippen LogP contribution in [-0.2, 0) is 4.74 Å². The SMILES string of the molecule is Nc1cccc(Cl)c1C(=O)OCCCO. The maximum atomic E-state index is 11.5. The van der Waals surface area contributed by atoms with Crippen LogP contribution in [0.3, 0.4) is 0 Å². The summed E-state index contributed by atoms with van der Waals surface area (Å²) in [5.74, 6) is -0.563. The van der Waals surface area contributed by atoms with Crippen molar-refractivity contribution < 1.29 is 14.6 Å². The van der Waals surface area contributed by atoms with E-state index in [9.17, 15) is 4.79 Å². The average molecular weight is 230 g/mol. The highest BCUT2D eigenvalue weighted by atomic mass is 35.5. The molecule has 1 aromatic rings. The van der Waals surface area contributed by atoms with Gasteiger partial charge in [0.2, 0.25) is 0 Å². The Labute approximate surface area is 92.6 Å². The van der Waals surface area contributed by atoms with Crippen molar-refractivity contribution in [2.45, 2.75) is 6.42 Å². The molecule has 0 aliphatic carbocycles. The fourth-order valence-electron chi connectivity index (χ4n) is 1.06. The number of hydrogen-bond donors (Lipinski definition) is 2. The number of esters is 1. The van der Waals surface area contributed by atoms with Crippen LogP contribution in [0.2, 0.25) is 5.02 Å². The second kappa shape index (κ2) is 5.58. The number of aliphatic hydroxyl groups excluding tert-OH is 1. The third kappa shape index (κ3) is 3.11. The van der Waals surface area contributed by atoms with E-state index in [1.165, 1.54) is 0 Å². The minimum absolute atomic E-state index is 0.0225. The second-order valence-electron chi connectivity index (χ2n) is 2.92. The van der Waals surface area contributed by atoms with Crippen molar-refractivity contribution in [1.82, 2.24) is 0 Å². The van der Waals surface area contributed by atoms with E-state index >= 15 is 0 Å². The zero-order valence-corrected chi connectivity index (χ0v) is 8.83. The van der Waals surface area contributed by atoms with Crippen molar-refractivity contribution >= 4 is 23.3 Å². The molecule has 0 saturated carbocycles. The van der Waals surface area contributed by atoms with Crippen LogP contribution >= 0.6 is 11.6 Å². The number of halogens is 1. The molecule has 0 heterocycles. The molecule has 1 aromatic carbocycles. The van der Waals surface area contributed by atoms with Gasteiger partial charge in [-0.15, -0.1) is 0 Å². The highest BCUT2D eigenvalue weighted by Gasteiger charge is 2.14. The lowest BCUT2D eigenvalue weighted by molar-refractivity contribution is 0.0483. The molecule has 1 rings (SSSR count). The van der Waals surface area contributed by atoms with Crippen LogP contribution in [0.1, 0.15) is 16.8 Å². The van der Waals surface area contributed by atoms with Crippen molar-refractivity contribution in [3.63, 3.8) is 0 Å². The molecule has 15 heavy (non-hydrogen) atoms. The molecule has 82 valence electrons. The van der Waals surface area contributed by atoms with Crippen LogP contribution in [0.15, 0.2) is 18.2 Å². The highest BCUT2D eigenvalue weighted by Crippen LogP contribution is 2.22. The molecule has 0 unspecified atom stereocenters. The van der Waals surface area contributed by atoms with Gasteiger partial charge in [0, 0.05) is 18.7 Å². The quantitative estimate of drug-likeness (QED) is 0.466. The van der Waals surface area contributed by atoms with E-state index < -0.39 is 5.97 Å². The molecule has 0 aliphatic heterocycles. The van der Waals surface area contributed by atoms with Crippen LogP contribution in [0.4, 0.5) is 5.69 Å². The third-order valence-electron chi connectivity index (χ3n) is 1.79. The smallest absolute Gasteiger partial charge is 0.341 e. The lowest BCUT2D eigenvalue weighted by atomic mass is 10.2. The van der Waals surface area contributed by atoms with Crippen LogP contribution in [0, 0.1) is 0 Å². The predicted molar refractivity (Wildman–Crippen MR) is 57.8 cm³/mol. The van der Waals surface area contributed by atoms with Crippen molar-refractivity contribution in [1.29, 1.82) is 0 Å². The van der Waals surface area contributed by atoms with Gasteiger partial charge in [-0.1, -0.05) is 17.7 Å². The number of ether oxygens (including phenoxy) is 1. The summed E-state index contributed by atoms with van der Waals surface area (Å²) in [6, 6.07) is 4.80. The minimum atomic E-state index is -0.563. The number of nitrogen functional groups attached to an aromatic ring is 1. The maximum absolute atomic E-state index is 11.5. The van der Waals surface area contributed by atoms with Gasteiger partial charge in [0.15, 0.2) is 0 Å². The maximum Gasteiger partial charge on any atom is 0.341 e. The number of nitrogens with two attached hydrogens (primary N) is 1. The lowest BCUT2D eigenvalue weighted by Crippen LogP contribution is -2.10. The first-order chi connectivity index (χ1) is 7.16. The lowest BCUT2D eigenvalue weighted by Gasteiger charge is -2.07. The molecule has 5 heteroatoms. The first kappa shape index (κ1) is 11.8. The number of carbonyl (C=O) groups is 1. The number of carbonyl (C=O) groups excluding carboxylic acids is 1. The van der Waals surface area contributed by atoms with Gasteiger partial charge in [0.1, 0.15) is 5.56 Å². The zero-order valence-electron chi connectivity index (χ0n) is 8.07. The summed E-state index contributed by atoms with van der Waals surface area (Å²) in [6.45, 7) is 0.130. The van der Waals surface area contributed by atoms with Crippen molar-refractivity contribution in [3.8, 4) is 0 Å². The van der Waals surface area contributed by atoms with Gasteiger partial charge < -0.3 is 15.6 Å². The number of benzene rings is 1. The molecule has 4 nitrogen and oxygen atoms in total. The van der Waals surface area contributed by atoms with Crippen LogP contribution in [0.25, 0.3) is 0 Å². The van der Waals surface area contributed by atoms with E-state index in [2.05, 4.69) is 0 Å². The van der Waals surface area contributed by atoms with E-state index in [1.54, 1.807) is 18.2 Å². The Balaban J connectivity index is 2.73. The van der Waals surface area contributed by atoms with Crippen molar-refractivity contribution in [2.75, 3.05) is 18.9 Å². The van der Waals surface area contributed by atoms with E-state index in [1.807, 2.05) is 0 Å². The Hall–Kier alpha value is -1.26. The van der Waals surface area contributed by atoms with Gasteiger partial charge in [-0.3, -0.25) is 0 Å². The molecule has 0 fully saturated rings. The molecule has 0 spiro atoms. The normalized spacial score (nSPS) is 10.0. The second-order valence-corrected chi connectivity index (χ2v) is 3.32. The van der Waals surface area contributed by atoms with E-state index in [0.29, 0.717) is 6.42 Å². The molecular formula is C10H12ClNO3. The summed E-state index contributed by atoms with van der Waals surface area (Å²) in [5, 5.41) is 8.78. The summed E-state index contributed by atoms with van der Waals surface area (Å²) in [4.78, 5) is 11.5. The molecule has 0 bridgehead atoms. The highest BCUT2D eigenvalue weighted by molar-refractivity contribution is 6.34. The van der Waals surface area contributed by atoms with Crippen LogP contribution in [0.5, 0.6) is 0 Å². The van der Waals surface area contributed by atoms with Gasteiger partial charge in [0.25, 0.3) is 0 Å². The summed E-state index contributed by atoms with van der Waals surface area (Å²) in [6.07, 6.45) is 0.399. The molecule has 0 atom stereocenters. The van der Waals surface area contributed by atoms with Crippen molar-refractivity contribution in [3.05, 3.63) is 28.8 Å². The summed E-state index contributed by atoms with van der Waals surface area (Å²) in [5.41, 5.74) is 6.06. The molecule has 3 N–H and O–H groups in total. The molecule has 0 radical (unpaired) electrons. The van der Waals surface area contributed by atoms with E-state index in [4.69, 9.17) is 27.2 Å². The van der Waals surface area contributed by atoms with Gasteiger partial charge in [-0.2, -0.15) is 0 Å². The Morgan fingerprint density at radius 2 is 2.27 bits per heavy atom. The van der Waals surface area contributed by atoms with Gasteiger partial charge in [-0.05, 0) is 12.1 Å². The summed E-state index contributed by atoms with van der Waals surface area (Å²) >= 11 is 5.81. The first-order valence-corrected chi connectivity index (χ1v) is 4.86. The first-order valence-electron chi connectivity index (χ1n) is 4.48. The fraction of sp³-hybridized carbons (Fsp3) is 0.300. The molecule has 0 saturated heterocycles. The Morgan fingerprint density at radius 1 is 1.53 bits per heavy atom. The Morgan fingerprint density at radius 3 is 2.87 bits per heavy atom. The van der Waals surface area contributed by atoms with E-state index in [-0.39, 0.29) is 29.5 Å². The molecule has 0 aliphatic rings. The molecular weight excluding hydrogens is 218 g/mol. The number of hydrogen-bond acceptors (Lipinski definition) is 4. The Bertz CT molecular complexity index is 334. The average Bonchev–Trinajstić information content (AvgIpc) is 2.18.